The summed E-state index contributed by atoms with van der Waals surface area (Å²) in [5, 5.41) is 3.44. The van der Waals surface area contributed by atoms with Gasteiger partial charge >= 0.3 is 0 Å². The van der Waals surface area contributed by atoms with Crippen molar-refractivity contribution in [3.63, 3.8) is 0 Å². The molecule has 0 saturated carbocycles. The van der Waals surface area contributed by atoms with Gasteiger partial charge in [0.15, 0.2) is 9.84 Å². The second-order valence-corrected chi connectivity index (χ2v) is 9.59. The van der Waals surface area contributed by atoms with Crippen molar-refractivity contribution >= 4 is 48.7 Å². The molecule has 102 valence electrons. The topological polar surface area (TPSA) is 46.2 Å². The smallest absolute Gasteiger partial charge is 0.155 e. The van der Waals surface area contributed by atoms with Crippen LogP contribution in [0.2, 0.25) is 5.02 Å². The molecule has 0 aliphatic carbocycles. The van der Waals surface area contributed by atoms with Gasteiger partial charge in [-0.25, -0.2) is 8.42 Å². The first kappa shape index (κ1) is 14.8. The van der Waals surface area contributed by atoms with Gasteiger partial charge in [-0.2, -0.15) is 0 Å². The summed E-state index contributed by atoms with van der Waals surface area (Å²) >= 11 is 10.9. The molecular weight excluding hydrogens is 358 g/mol. The summed E-state index contributed by atoms with van der Waals surface area (Å²) < 4.78 is 25.2. The van der Waals surface area contributed by atoms with E-state index in [9.17, 15) is 8.42 Å². The molecule has 1 N–H and O–H groups in total. The molecule has 0 spiro atoms. The van der Waals surface area contributed by atoms with Gasteiger partial charge in [0.05, 0.1) is 25.9 Å². The highest BCUT2D eigenvalue weighted by atomic mass is 79.9. The first-order chi connectivity index (χ1) is 8.45. The second-order valence-electron chi connectivity index (χ2n) is 4.44. The predicted molar refractivity (Wildman–Crippen MR) is 80.3 cm³/mol. The minimum absolute atomic E-state index is 0.163. The van der Waals surface area contributed by atoms with Gasteiger partial charge in [0.2, 0.25) is 0 Å². The largest absolute Gasteiger partial charge is 0.311 e. The van der Waals surface area contributed by atoms with Gasteiger partial charge in [0.1, 0.15) is 0 Å². The van der Waals surface area contributed by atoms with E-state index in [0.717, 1.165) is 27.9 Å². The zero-order valence-electron chi connectivity index (χ0n) is 9.95. The number of nitrogens with one attached hydrogen (secondary N) is 1. The molecule has 7 heteroatoms. The van der Waals surface area contributed by atoms with Gasteiger partial charge in [-0.05, 0) is 41.9 Å². The molecule has 2 rings (SSSR count). The maximum Gasteiger partial charge on any atom is 0.155 e. The maximum atomic E-state index is 12.2. The van der Waals surface area contributed by atoms with Crippen molar-refractivity contribution in [1.29, 1.82) is 0 Å². The minimum Gasteiger partial charge on any atom is -0.311 e. The van der Waals surface area contributed by atoms with Gasteiger partial charge in [0.25, 0.3) is 0 Å². The summed E-state index contributed by atoms with van der Waals surface area (Å²) in [6.45, 7) is 0. The zero-order chi connectivity index (χ0) is 13.3. The molecule has 1 aliphatic rings. The molecule has 1 aromatic rings. The number of thiophene rings is 1. The number of hydrogen-bond donors (Lipinski definition) is 1. The Balaban J connectivity index is 2.33. The minimum atomic E-state index is -3.00. The molecular formula is C11H15BrClNO2S2. The van der Waals surface area contributed by atoms with Gasteiger partial charge in [-0.1, -0.05) is 18.0 Å². The Morgan fingerprint density at radius 1 is 1.56 bits per heavy atom. The Kier molecular flexibility index (Phi) is 4.75. The number of halogens is 2. The number of rotatable bonds is 3. The first-order valence-electron chi connectivity index (χ1n) is 5.79. The van der Waals surface area contributed by atoms with Gasteiger partial charge < -0.3 is 5.32 Å². The van der Waals surface area contributed by atoms with Crippen LogP contribution in [0.25, 0.3) is 0 Å². The molecule has 2 unspecified atom stereocenters. The van der Waals surface area contributed by atoms with E-state index in [0.29, 0.717) is 10.8 Å². The molecule has 1 aromatic heterocycles. The highest BCUT2D eigenvalue weighted by Crippen LogP contribution is 2.39. The van der Waals surface area contributed by atoms with Crippen molar-refractivity contribution in [3.8, 4) is 0 Å². The Labute approximate surface area is 125 Å². The van der Waals surface area contributed by atoms with Crippen molar-refractivity contribution < 1.29 is 8.42 Å². The van der Waals surface area contributed by atoms with Crippen LogP contribution in [-0.2, 0) is 9.84 Å². The summed E-state index contributed by atoms with van der Waals surface area (Å²) in [5.41, 5.74) is 0. The third-order valence-electron chi connectivity index (χ3n) is 3.28. The monoisotopic (exact) mass is 371 g/mol. The molecule has 1 fully saturated rings. The quantitative estimate of drug-likeness (QED) is 0.884. The van der Waals surface area contributed by atoms with Crippen molar-refractivity contribution in [3.05, 3.63) is 19.8 Å². The molecule has 1 saturated heterocycles. The van der Waals surface area contributed by atoms with E-state index in [1.807, 2.05) is 6.07 Å². The van der Waals surface area contributed by atoms with Crippen LogP contribution >= 0.6 is 38.9 Å². The van der Waals surface area contributed by atoms with Crippen molar-refractivity contribution in [2.24, 2.45) is 0 Å². The number of hydrogen-bond acceptors (Lipinski definition) is 4. The lowest BCUT2D eigenvalue weighted by Gasteiger charge is -2.29. The van der Waals surface area contributed by atoms with Crippen molar-refractivity contribution in [2.45, 2.75) is 30.6 Å². The standard InChI is InChI=1S/C11H15BrClNO2S2/c1-14-10(8-6-7(13)11(12)17-8)9-4-2-3-5-18(9,15)16/h6,9-10,14H,2-5H2,1H3. The Morgan fingerprint density at radius 2 is 2.28 bits per heavy atom. The molecule has 0 bridgehead atoms. The molecule has 2 heterocycles. The van der Waals surface area contributed by atoms with Gasteiger partial charge in [-0.15, -0.1) is 11.3 Å². The van der Waals surface area contributed by atoms with E-state index >= 15 is 0 Å². The fraction of sp³-hybridized carbons (Fsp3) is 0.636. The van der Waals surface area contributed by atoms with Gasteiger partial charge in [-0.3, -0.25) is 0 Å². The third kappa shape index (κ3) is 2.93. The van der Waals surface area contributed by atoms with Crippen molar-refractivity contribution in [1.82, 2.24) is 5.32 Å². The summed E-state index contributed by atoms with van der Waals surface area (Å²) in [5.74, 6) is 0.302. The average molecular weight is 373 g/mol. The highest BCUT2D eigenvalue weighted by molar-refractivity contribution is 9.11. The molecule has 0 amide bonds. The van der Waals surface area contributed by atoms with Crippen LogP contribution in [0.15, 0.2) is 9.85 Å². The summed E-state index contributed by atoms with van der Waals surface area (Å²) in [7, 11) is -1.20. The predicted octanol–water partition coefficient (Wildman–Crippen LogP) is 3.39. The van der Waals surface area contributed by atoms with Crippen LogP contribution in [0.3, 0.4) is 0 Å². The molecule has 0 aromatic carbocycles. The van der Waals surface area contributed by atoms with E-state index in [4.69, 9.17) is 11.6 Å². The van der Waals surface area contributed by atoms with E-state index in [2.05, 4.69) is 21.2 Å². The lowest BCUT2D eigenvalue weighted by molar-refractivity contribution is 0.473. The van der Waals surface area contributed by atoms with Gasteiger partial charge in [0, 0.05) is 4.88 Å². The summed E-state index contributed by atoms with van der Waals surface area (Å²) in [4.78, 5) is 0.977. The molecule has 3 nitrogen and oxygen atoms in total. The number of sulfone groups is 1. The average Bonchev–Trinajstić information content (AvgIpc) is 2.62. The highest BCUT2D eigenvalue weighted by Gasteiger charge is 2.36. The third-order valence-corrected chi connectivity index (χ3v) is 8.13. The van der Waals surface area contributed by atoms with Crippen LogP contribution < -0.4 is 5.32 Å². The Morgan fingerprint density at radius 3 is 2.78 bits per heavy atom. The molecule has 1 aliphatic heterocycles. The van der Waals surface area contributed by atoms with E-state index in [1.165, 1.54) is 11.3 Å². The SMILES string of the molecule is CNC(c1cc(Cl)c(Br)s1)C1CCCCS1(=O)=O. The molecule has 18 heavy (non-hydrogen) atoms. The van der Waals surface area contributed by atoms with Crippen LogP contribution in [0.5, 0.6) is 0 Å². The molecule has 2 atom stereocenters. The van der Waals surface area contributed by atoms with Crippen LogP contribution in [-0.4, -0.2) is 26.5 Å². The first-order valence-corrected chi connectivity index (χ1v) is 9.49. The summed E-state index contributed by atoms with van der Waals surface area (Å²) in [6.07, 6.45) is 2.48. The zero-order valence-corrected chi connectivity index (χ0v) is 13.9. The second kappa shape index (κ2) is 5.79. The fourth-order valence-corrected chi connectivity index (χ4v) is 6.52. The van der Waals surface area contributed by atoms with Crippen LogP contribution in [0, 0.1) is 0 Å². The lowest BCUT2D eigenvalue weighted by Crippen LogP contribution is -2.39. The van der Waals surface area contributed by atoms with Crippen molar-refractivity contribution in [2.75, 3.05) is 12.8 Å². The summed E-state index contributed by atoms with van der Waals surface area (Å²) in [6, 6.07) is 1.69. The normalized spacial score (nSPS) is 24.9. The molecule has 0 radical (unpaired) electrons. The lowest BCUT2D eigenvalue weighted by atomic mass is 10.1. The Bertz CT molecular complexity index is 510. The fourth-order valence-electron chi connectivity index (χ4n) is 2.38. The Hall–Kier alpha value is 0.380. The van der Waals surface area contributed by atoms with Crippen LogP contribution in [0.4, 0.5) is 0 Å². The van der Waals surface area contributed by atoms with E-state index < -0.39 is 9.84 Å². The van der Waals surface area contributed by atoms with Crippen LogP contribution in [0.1, 0.15) is 30.2 Å². The maximum absolute atomic E-state index is 12.2. The van der Waals surface area contributed by atoms with E-state index in [-0.39, 0.29) is 11.3 Å². The van der Waals surface area contributed by atoms with E-state index in [1.54, 1.807) is 7.05 Å².